The third kappa shape index (κ3) is 3.82. The average molecular weight is 513 g/mol. The van der Waals surface area contributed by atoms with E-state index in [2.05, 4.69) is 170 Å². The molecule has 0 heterocycles. The molecule has 0 radical (unpaired) electrons. The highest BCUT2D eigenvalue weighted by Gasteiger charge is 2.42. The summed E-state index contributed by atoms with van der Waals surface area (Å²) in [4.78, 5) is 0. The fourth-order valence-corrected chi connectivity index (χ4v) is 11.3. The van der Waals surface area contributed by atoms with Crippen LogP contribution in [0.3, 0.4) is 0 Å². The summed E-state index contributed by atoms with van der Waals surface area (Å²) in [5, 5.41) is 10.8. The Morgan fingerprint density at radius 2 is 0.718 bits per heavy atom. The highest BCUT2D eigenvalue weighted by atomic mass is 28.3. The molecule has 7 rings (SSSR count). The van der Waals surface area contributed by atoms with E-state index in [1.807, 2.05) is 0 Å². The second-order valence-electron chi connectivity index (χ2n) is 10.1. The lowest BCUT2D eigenvalue weighted by molar-refractivity contribution is 1.66. The summed E-state index contributed by atoms with van der Waals surface area (Å²) in [5.41, 5.74) is 2.56. The summed E-state index contributed by atoms with van der Waals surface area (Å²) >= 11 is 0. The minimum atomic E-state index is -2.64. The molecule has 7 aromatic rings. The number of benzene rings is 7. The van der Waals surface area contributed by atoms with Crippen molar-refractivity contribution in [1.82, 2.24) is 0 Å². The molecule has 0 N–H and O–H groups in total. The van der Waals surface area contributed by atoms with Gasteiger partial charge in [0.1, 0.15) is 0 Å². The second-order valence-corrected chi connectivity index (χ2v) is 13.9. The molecule has 7 aromatic carbocycles. The molecule has 0 aliphatic rings. The van der Waals surface area contributed by atoms with E-state index in [4.69, 9.17) is 0 Å². The standard InChI is InChI=1S/C38H28Si/c1-4-17-30(18-5-1)39(31-19-6-2-7-20-31,32-21-8-3-9-22-32)38-28-27-36(35-24-12-13-25-37(35)38)34-26-14-16-29-15-10-11-23-33(29)34/h1-28H. The predicted molar refractivity (Wildman–Crippen MR) is 171 cm³/mol. The highest BCUT2D eigenvalue weighted by molar-refractivity contribution is 7.20. The van der Waals surface area contributed by atoms with Crippen LogP contribution in [0.4, 0.5) is 0 Å². The van der Waals surface area contributed by atoms with Crippen LogP contribution in [-0.2, 0) is 0 Å². The van der Waals surface area contributed by atoms with Crippen LogP contribution in [0.2, 0.25) is 0 Å². The van der Waals surface area contributed by atoms with Gasteiger partial charge in [0.15, 0.2) is 8.07 Å². The van der Waals surface area contributed by atoms with Crippen molar-refractivity contribution in [1.29, 1.82) is 0 Å². The Labute approximate surface area is 230 Å². The molecule has 0 amide bonds. The molecule has 1 heteroatoms. The normalized spacial score (nSPS) is 11.6. The van der Waals surface area contributed by atoms with E-state index in [1.54, 1.807) is 0 Å². The van der Waals surface area contributed by atoms with E-state index in [-0.39, 0.29) is 0 Å². The van der Waals surface area contributed by atoms with Gasteiger partial charge in [0.2, 0.25) is 0 Å². The first-order chi connectivity index (χ1) is 19.4. The summed E-state index contributed by atoms with van der Waals surface area (Å²) in [5.74, 6) is 0. The minimum Gasteiger partial charge on any atom is -0.0623 e. The van der Waals surface area contributed by atoms with Gasteiger partial charge in [-0.2, -0.15) is 0 Å². The van der Waals surface area contributed by atoms with Crippen LogP contribution in [0.1, 0.15) is 0 Å². The fraction of sp³-hybridized carbons (Fsp3) is 0. The van der Waals surface area contributed by atoms with Crippen LogP contribution in [-0.4, -0.2) is 8.07 Å². The number of fused-ring (bicyclic) bond motifs is 2. The highest BCUT2D eigenvalue weighted by Crippen LogP contribution is 2.34. The van der Waals surface area contributed by atoms with Gasteiger partial charge in [0.05, 0.1) is 0 Å². The van der Waals surface area contributed by atoms with Crippen molar-refractivity contribution < 1.29 is 0 Å². The maximum atomic E-state index is 2.43. The molecule has 0 saturated heterocycles. The van der Waals surface area contributed by atoms with Crippen LogP contribution in [0.25, 0.3) is 32.7 Å². The Morgan fingerprint density at radius 3 is 1.31 bits per heavy atom. The maximum absolute atomic E-state index is 2.64. The molecular weight excluding hydrogens is 485 g/mol. The van der Waals surface area contributed by atoms with E-state index >= 15 is 0 Å². The van der Waals surface area contributed by atoms with Crippen LogP contribution in [0, 0.1) is 0 Å². The van der Waals surface area contributed by atoms with Crippen molar-refractivity contribution in [3.05, 3.63) is 170 Å². The van der Waals surface area contributed by atoms with Crippen molar-refractivity contribution >= 4 is 50.4 Å². The number of hydrogen-bond acceptors (Lipinski definition) is 0. The Morgan fingerprint density at radius 1 is 0.282 bits per heavy atom. The molecule has 184 valence electrons. The number of rotatable bonds is 5. The number of hydrogen-bond donors (Lipinski definition) is 0. The second kappa shape index (κ2) is 9.87. The zero-order chi connectivity index (χ0) is 26.1. The SMILES string of the molecule is c1ccc([Si](c2ccccc2)(c2ccccc2)c2ccc(-c3cccc4ccccc34)c3ccccc23)cc1. The Hall–Kier alpha value is -4.72. The Kier molecular flexibility index (Phi) is 5.92. The molecule has 0 aromatic heterocycles. The van der Waals surface area contributed by atoms with Crippen molar-refractivity contribution in [3.8, 4) is 11.1 Å². The third-order valence-corrected chi connectivity index (χ3v) is 12.9. The maximum Gasteiger partial charge on any atom is 0.180 e. The summed E-state index contributed by atoms with van der Waals surface area (Å²) < 4.78 is 0. The van der Waals surface area contributed by atoms with Gasteiger partial charge in [-0.25, -0.2) is 0 Å². The van der Waals surface area contributed by atoms with E-state index in [9.17, 15) is 0 Å². The molecule has 0 unspecified atom stereocenters. The lowest BCUT2D eigenvalue weighted by Gasteiger charge is -2.35. The molecule has 0 saturated carbocycles. The third-order valence-electron chi connectivity index (χ3n) is 8.03. The molecule has 0 nitrogen and oxygen atoms in total. The van der Waals surface area contributed by atoms with E-state index in [0.29, 0.717) is 0 Å². The first kappa shape index (κ1) is 23.4. The summed E-state index contributed by atoms with van der Waals surface area (Å²) in [6.07, 6.45) is 0. The largest absolute Gasteiger partial charge is 0.180 e. The fourth-order valence-electron chi connectivity index (χ4n) is 6.35. The smallest absolute Gasteiger partial charge is 0.0623 e. The Balaban J connectivity index is 1.61. The predicted octanol–water partition coefficient (Wildman–Crippen LogP) is 7.04. The molecule has 0 spiro atoms. The van der Waals surface area contributed by atoms with E-state index in [1.165, 1.54) is 53.4 Å². The van der Waals surface area contributed by atoms with Crippen molar-refractivity contribution in [3.63, 3.8) is 0 Å². The lowest BCUT2D eigenvalue weighted by Crippen LogP contribution is -2.74. The van der Waals surface area contributed by atoms with Gasteiger partial charge >= 0.3 is 0 Å². The van der Waals surface area contributed by atoms with Gasteiger partial charge in [-0.1, -0.05) is 170 Å². The first-order valence-corrected chi connectivity index (χ1v) is 15.5. The van der Waals surface area contributed by atoms with E-state index < -0.39 is 8.07 Å². The molecule has 39 heavy (non-hydrogen) atoms. The molecular formula is C38H28Si. The van der Waals surface area contributed by atoms with Crippen molar-refractivity contribution in [2.45, 2.75) is 0 Å². The van der Waals surface area contributed by atoms with Crippen LogP contribution in [0.5, 0.6) is 0 Å². The van der Waals surface area contributed by atoms with Gasteiger partial charge in [-0.3, -0.25) is 0 Å². The topological polar surface area (TPSA) is 0 Å². The van der Waals surface area contributed by atoms with Gasteiger partial charge in [0, 0.05) is 0 Å². The zero-order valence-corrected chi connectivity index (χ0v) is 22.7. The zero-order valence-electron chi connectivity index (χ0n) is 21.7. The quantitative estimate of drug-likeness (QED) is 0.171. The molecule has 0 aliphatic carbocycles. The lowest BCUT2D eigenvalue weighted by atomic mass is 9.94. The summed E-state index contributed by atoms with van der Waals surface area (Å²) in [6, 6.07) is 62.7. The Bertz CT molecular complexity index is 1790. The van der Waals surface area contributed by atoms with Crippen molar-refractivity contribution in [2.75, 3.05) is 0 Å². The molecule has 0 fully saturated rings. The van der Waals surface area contributed by atoms with Crippen molar-refractivity contribution in [2.24, 2.45) is 0 Å². The summed E-state index contributed by atoms with van der Waals surface area (Å²) in [7, 11) is -2.64. The molecule has 0 atom stereocenters. The van der Waals surface area contributed by atoms with E-state index in [0.717, 1.165) is 0 Å². The van der Waals surface area contributed by atoms with Gasteiger partial charge in [-0.05, 0) is 53.4 Å². The first-order valence-electron chi connectivity index (χ1n) is 13.5. The van der Waals surface area contributed by atoms with Gasteiger partial charge in [0.25, 0.3) is 0 Å². The van der Waals surface area contributed by atoms with Crippen LogP contribution in [0.15, 0.2) is 170 Å². The van der Waals surface area contributed by atoms with Crippen LogP contribution < -0.4 is 20.7 Å². The van der Waals surface area contributed by atoms with Gasteiger partial charge < -0.3 is 0 Å². The minimum absolute atomic E-state index is 1.27. The monoisotopic (exact) mass is 512 g/mol. The molecule has 0 bridgehead atoms. The average Bonchev–Trinajstić information content (AvgIpc) is 3.03. The van der Waals surface area contributed by atoms with Crippen LogP contribution >= 0.6 is 0 Å². The van der Waals surface area contributed by atoms with Gasteiger partial charge in [-0.15, -0.1) is 0 Å². The summed E-state index contributed by atoms with van der Waals surface area (Å²) in [6.45, 7) is 0. The molecule has 0 aliphatic heterocycles.